The minimum absolute atomic E-state index is 0.656. The van der Waals surface area contributed by atoms with E-state index in [2.05, 4.69) is 31.0 Å². The summed E-state index contributed by atoms with van der Waals surface area (Å²) in [5.74, 6) is 1.00. The fourth-order valence-corrected chi connectivity index (χ4v) is 2.42. The Hall–Kier alpha value is -0.0800. The van der Waals surface area contributed by atoms with Crippen molar-refractivity contribution in [1.29, 1.82) is 0 Å². The van der Waals surface area contributed by atoms with E-state index in [9.17, 15) is 0 Å². The molecule has 2 nitrogen and oxygen atoms in total. The fourth-order valence-electron chi connectivity index (χ4n) is 2.42. The van der Waals surface area contributed by atoms with Crippen LogP contribution in [-0.2, 0) is 0 Å². The average molecular weight is 212 g/mol. The average Bonchev–Trinajstić information content (AvgIpc) is 2.27. The molecule has 0 saturated carbocycles. The predicted molar refractivity (Wildman–Crippen MR) is 67.2 cm³/mol. The maximum absolute atomic E-state index is 3.56. The standard InChI is InChI=1S/C13H28N2/c1-4-8-14-12(3)11-15-9-6-13(5-2)7-10-15/h12-14H,4-11H2,1-3H3. The van der Waals surface area contributed by atoms with Gasteiger partial charge in [-0.2, -0.15) is 0 Å². The molecular weight excluding hydrogens is 184 g/mol. The van der Waals surface area contributed by atoms with Gasteiger partial charge in [0.25, 0.3) is 0 Å². The topological polar surface area (TPSA) is 15.3 Å². The summed E-state index contributed by atoms with van der Waals surface area (Å²) < 4.78 is 0. The molecule has 90 valence electrons. The molecule has 0 bridgehead atoms. The van der Waals surface area contributed by atoms with Gasteiger partial charge in [-0.1, -0.05) is 20.3 Å². The van der Waals surface area contributed by atoms with Gasteiger partial charge in [-0.05, 0) is 51.7 Å². The normalized spacial score (nSPS) is 21.8. The van der Waals surface area contributed by atoms with Crippen LogP contribution >= 0.6 is 0 Å². The lowest BCUT2D eigenvalue weighted by atomic mass is 9.94. The highest BCUT2D eigenvalue weighted by atomic mass is 15.1. The van der Waals surface area contributed by atoms with E-state index in [0.29, 0.717) is 6.04 Å². The minimum atomic E-state index is 0.656. The molecule has 1 heterocycles. The molecule has 0 aromatic rings. The third-order valence-corrected chi connectivity index (χ3v) is 3.56. The summed E-state index contributed by atoms with van der Waals surface area (Å²) in [6.07, 6.45) is 5.44. The highest BCUT2D eigenvalue weighted by molar-refractivity contribution is 4.74. The Morgan fingerprint density at radius 3 is 2.47 bits per heavy atom. The van der Waals surface area contributed by atoms with Crippen LogP contribution in [0.4, 0.5) is 0 Å². The third kappa shape index (κ3) is 4.98. The highest BCUT2D eigenvalue weighted by Crippen LogP contribution is 2.19. The molecular formula is C13H28N2. The van der Waals surface area contributed by atoms with Crippen LogP contribution in [0, 0.1) is 5.92 Å². The molecule has 1 aliphatic heterocycles. The minimum Gasteiger partial charge on any atom is -0.313 e. The molecule has 1 aliphatic rings. The second-order valence-electron chi connectivity index (χ2n) is 5.01. The van der Waals surface area contributed by atoms with Crippen LogP contribution < -0.4 is 5.32 Å². The first kappa shape index (κ1) is 13.0. The Balaban J connectivity index is 2.12. The predicted octanol–water partition coefficient (Wildman–Crippen LogP) is 2.50. The van der Waals surface area contributed by atoms with Crippen molar-refractivity contribution >= 4 is 0 Å². The van der Waals surface area contributed by atoms with Gasteiger partial charge < -0.3 is 10.2 Å². The summed E-state index contributed by atoms with van der Waals surface area (Å²) in [5.41, 5.74) is 0. The van der Waals surface area contributed by atoms with Gasteiger partial charge in [0, 0.05) is 12.6 Å². The lowest BCUT2D eigenvalue weighted by Crippen LogP contribution is -2.43. The van der Waals surface area contributed by atoms with E-state index in [1.165, 1.54) is 45.3 Å². The lowest BCUT2D eigenvalue weighted by molar-refractivity contribution is 0.169. The van der Waals surface area contributed by atoms with Crippen molar-refractivity contribution in [2.45, 2.75) is 52.5 Å². The van der Waals surface area contributed by atoms with Gasteiger partial charge in [-0.3, -0.25) is 0 Å². The monoisotopic (exact) mass is 212 g/mol. The van der Waals surface area contributed by atoms with Crippen LogP contribution in [0.2, 0.25) is 0 Å². The Bertz CT molecular complexity index is 151. The first-order valence-electron chi connectivity index (χ1n) is 6.72. The maximum Gasteiger partial charge on any atom is 0.0166 e. The van der Waals surface area contributed by atoms with E-state index >= 15 is 0 Å². The van der Waals surface area contributed by atoms with Gasteiger partial charge in [-0.15, -0.1) is 0 Å². The first-order valence-corrected chi connectivity index (χ1v) is 6.72. The smallest absolute Gasteiger partial charge is 0.0166 e. The largest absolute Gasteiger partial charge is 0.313 e. The summed E-state index contributed by atoms with van der Waals surface area (Å²) >= 11 is 0. The zero-order chi connectivity index (χ0) is 11.1. The number of nitrogens with zero attached hydrogens (tertiary/aromatic N) is 1. The fraction of sp³-hybridized carbons (Fsp3) is 1.00. The van der Waals surface area contributed by atoms with Crippen molar-refractivity contribution in [3.8, 4) is 0 Å². The third-order valence-electron chi connectivity index (χ3n) is 3.56. The van der Waals surface area contributed by atoms with E-state index in [1.807, 2.05) is 0 Å². The van der Waals surface area contributed by atoms with Crippen LogP contribution in [0.5, 0.6) is 0 Å². The van der Waals surface area contributed by atoms with Gasteiger partial charge in [0.05, 0.1) is 0 Å². The molecule has 1 N–H and O–H groups in total. The SMILES string of the molecule is CCCNC(C)CN1CCC(CC)CC1. The van der Waals surface area contributed by atoms with Crippen molar-refractivity contribution in [1.82, 2.24) is 10.2 Å². The Labute approximate surface area is 95.4 Å². The van der Waals surface area contributed by atoms with Gasteiger partial charge >= 0.3 is 0 Å². The van der Waals surface area contributed by atoms with E-state index < -0.39 is 0 Å². The molecule has 0 amide bonds. The number of rotatable bonds is 6. The summed E-state index contributed by atoms with van der Waals surface area (Å²) in [6.45, 7) is 11.9. The molecule has 0 aromatic carbocycles. The quantitative estimate of drug-likeness (QED) is 0.728. The van der Waals surface area contributed by atoms with Crippen LogP contribution in [0.1, 0.15) is 46.5 Å². The van der Waals surface area contributed by atoms with Crippen LogP contribution in [-0.4, -0.2) is 37.1 Å². The van der Waals surface area contributed by atoms with Crippen molar-refractivity contribution < 1.29 is 0 Å². The van der Waals surface area contributed by atoms with Gasteiger partial charge in [0.1, 0.15) is 0 Å². The molecule has 0 radical (unpaired) electrons. The molecule has 1 saturated heterocycles. The van der Waals surface area contributed by atoms with Gasteiger partial charge in [0.2, 0.25) is 0 Å². The van der Waals surface area contributed by atoms with Crippen molar-refractivity contribution in [2.75, 3.05) is 26.2 Å². The molecule has 0 aliphatic carbocycles. The van der Waals surface area contributed by atoms with Gasteiger partial charge in [0.15, 0.2) is 0 Å². The number of likely N-dealkylation sites (tertiary alicyclic amines) is 1. The maximum atomic E-state index is 3.56. The van der Waals surface area contributed by atoms with Crippen molar-refractivity contribution in [3.05, 3.63) is 0 Å². The summed E-state index contributed by atoms with van der Waals surface area (Å²) in [4.78, 5) is 2.62. The summed E-state index contributed by atoms with van der Waals surface area (Å²) in [5, 5.41) is 3.56. The molecule has 1 atom stereocenters. The van der Waals surface area contributed by atoms with Crippen molar-refractivity contribution in [3.63, 3.8) is 0 Å². The zero-order valence-corrected chi connectivity index (χ0v) is 10.8. The number of hydrogen-bond acceptors (Lipinski definition) is 2. The summed E-state index contributed by atoms with van der Waals surface area (Å²) in [7, 11) is 0. The van der Waals surface area contributed by atoms with Gasteiger partial charge in [-0.25, -0.2) is 0 Å². The number of hydrogen-bond donors (Lipinski definition) is 1. The van der Waals surface area contributed by atoms with E-state index in [4.69, 9.17) is 0 Å². The second-order valence-corrected chi connectivity index (χ2v) is 5.01. The van der Waals surface area contributed by atoms with Crippen LogP contribution in [0.15, 0.2) is 0 Å². The molecule has 2 heteroatoms. The summed E-state index contributed by atoms with van der Waals surface area (Å²) in [6, 6.07) is 0.656. The molecule has 1 rings (SSSR count). The number of nitrogens with one attached hydrogen (secondary N) is 1. The zero-order valence-electron chi connectivity index (χ0n) is 10.8. The van der Waals surface area contributed by atoms with Crippen LogP contribution in [0.25, 0.3) is 0 Å². The van der Waals surface area contributed by atoms with E-state index in [1.54, 1.807) is 0 Å². The molecule has 1 unspecified atom stereocenters. The Morgan fingerprint density at radius 2 is 1.93 bits per heavy atom. The highest BCUT2D eigenvalue weighted by Gasteiger charge is 2.18. The molecule has 1 fully saturated rings. The molecule has 0 aromatic heterocycles. The number of piperidine rings is 1. The van der Waals surface area contributed by atoms with E-state index in [-0.39, 0.29) is 0 Å². The Morgan fingerprint density at radius 1 is 1.27 bits per heavy atom. The second kappa shape index (κ2) is 7.24. The molecule has 0 spiro atoms. The molecule has 15 heavy (non-hydrogen) atoms. The van der Waals surface area contributed by atoms with E-state index in [0.717, 1.165) is 12.5 Å². The lowest BCUT2D eigenvalue weighted by Gasteiger charge is -2.33. The van der Waals surface area contributed by atoms with Crippen molar-refractivity contribution in [2.24, 2.45) is 5.92 Å². The first-order chi connectivity index (χ1) is 7.26. The van der Waals surface area contributed by atoms with Crippen LogP contribution in [0.3, 0.4) is 0 Å². The Kier molecular flexibility index (Phi) is 6.26.